The van der Waals surface area contributed by atoms with Gasteiger partial charge in [0.05, 0.1) is 0 Å². The highest BCUT2D eigenvalue weighted by Gasteiger charge is 2.29. The zero-order chi connectivity index (χ0) is 23.0. The predicted molar refractivity (Wildman–Crippen MR) is 125 cm³/mol. The molecule has 0 aliphatic rings. The summed E-state index contributed by atoms with van der Waals surface area (Å²) in [6.45, 7) is 10.6. The maximum atomic E-state index is 13.2. The Morgan fingerprint density at radius 3 is 2.39 bits per heavy atom. The standard InChI is InChI=1S/C25H33ClN2O3/c1-6-22(25(30)27-14-17(2)3)28(15-20-9-11-21(26)12-10-20)24(29)16-31-23-13-18(4)7-8-19(23)5/h7-13,17,22H,6,14-16H2,1-5H3,(H,27,30)/t22-/m1/s1. The van der Waals surface area contributed by atoms with E-state index in [9.17, 15) is 9.59 Å². The molecule has 0 unspecified atom stereocenters. The Balaban J connectivity index is 2.21. The molecular formula is C25H33ClN2O3. The molecule has 0 aromatic heterocycles. The third-order valence-electron chi connectivity index (χ3n) is 5.03. The average molecular weight is 445 g/mol. The summed E-state index contributed by atoms with van der Waals surface area (Å²) in [4.78, 5) is 27.7. The van der Waals surface area contributed by atoms with E-state index < -0.39 is 6.04 Å². The molecule has 2 amide bonds. The van der Waals surface area contributed by atoms with Gasteiger partial charge in [-0.1, -0.05) is 56.6 Å². The zero-order valence-corrected chi connectivity index (χ0v) is 19.8. The number of carbonyl (C=O) groups is 2. The summed E-state index contributed by atoms with van der Waals surface area (Å²) >= 11 is 6.00. The number of aryl methyl sites for hydroxylation is 2. The van der Waals surface area contributed by atoms with Crippen molar-refractivity contribution >= 4 is 23.4 Å². The van der Waals surface area contributed by atoms with Gasteiger partial charge in [0.1, 0.15) is 11.8 Å². The van der Waals surface area contributed by atoms with E-state index in [0.29, 0.717) is 36.2 Å². The van der Waals surface area contributed by atoms with Crippen LogP contribution in [0.2, 0.25) is 5.02 Å². The first-order valence-corrected chi connectivity index (χ1v) is 11.1. The molecule has 6 heteroatoms. The number of amides is 2. The van der Waals surface area contributed by atoms with Crippen LogP contribution in [0, 0.1) is 19.8 Å². The normalized spacial score (nSPS) is 11.8. The maximum absolute atomic E-state index is 13.2. The van der Waals surface area contributed by atoms with Gasteiger partial charge in [-0.3, -0.25) is 9.59 Å². The quantitative estimate of drug-likeness (QED) is 0.566. The highest BCUT2D eigenvalue weighted by Crippen LogP contribution is 2.20. The summed E-state index contributed by atoms with van der Waals surface area (Å²) in [5.74, 6) is 0.624. The molecule has 0 saturated carbocycles. The van der Waals surface area contributed by atoms with Crippen LogP contribution in [-0.4, -0.2) is 35.9 Å². The van der Waals surface area contributed by atoms with Crippen molar-refractivity contribution in [2.24, 2.45) is 5.92 Å². The van der Waals surface area contributed by atoms with E-state index >= 15 is 0 Å². The van der Waals surface area contributed by atoms with Crippen molar-refractivity contribution in [1.29, 1.82) is 0 Å². The second-order valence-electron chi connectivity index (χ2n) is 8.27. The van der Waals surface area contributed by atoms with Gasteiger partial charge >= 0.3 is 0 Å². The molecule has 0 aliphatic heterocycles. The summed E-state index contributed by atoms with van der Waals surface area (Å²) in [5, 5.41) is 3.59. The van der Waals surface area contributed by atoms with Gasteiger partial charge < -0.3 is 15.0 Å². The largest absolute Gasteiger partial charge is 0.483 e. The third kappa shape index (κ3) is 7.59. The van der Waals surface area contributed by atoms with Crippen molar-refractivity contribution in [3.05, 3.63) is 64.2 Å². The number of hydrogen-bond acceptors (Lipinski definition) is 3. The first kappa shape index (κ1) is 24.7. The van der Waals surface area contributed by atoms with E-state index in [1.165, 1.54) is 0 Å². The number of nitrogens with one attached hydrogen (secondary N) is 1. The molecule has 2 rings (SSSR count). The molecule has 5 nitrogen and oxygen atoms in total. The van der Waals surface area contributed by atoms with Gasteiger partial charge in [0.25, 0.3) is 5.91 Å². The molecule has 0 radical (unpaired) electrons. The maximum Gasteiger partial charge on any atom is 0.261 e. The number of benzene rings is 2. The van der Waals surface area contributed by atoms with Crippen molar-refractivity contribution in [3.8, 4) is 5.75 Å². The summed E-state index contributed by atoms with van der Waals surface area (Å²) < 4.78 is 5.85. The Morgan fingerprint density at radius 2 is 1.77 bits per heavy atom. The first-order chi connectivity index (χ1) is 14.7. The van der Waals surface area contributed by atoms with Gasteiger partial charge in [-0.05, 0) is 61.1 Å². The van der Waals surface area contributed by atoms with E-state index in [2.05, 4.69) is 5.32 Å². The van der Waals surface area contributed by atoms with Gasteiger partial charge in [-0.15, -0.1) is 0 Å². The molecule has 0 saturated heterocycles. The fraction of sp³-hybridized carbons (Fsp3) is 0.440. The van der Waals surface area contributed by atoms with Crippen molar-refractivity contribution in [2.45, 2.75) is 53.6 Å². The number of rotatable bonds is 10. The fourth-order valence-corrected chi connectivity index (χ4v) is 3.34. The van der Waals surface area contributed by atoms with E-state index in [0.717, 1.165) is 16.7 Å². The number of halogens is 1. The lowest BCUT2D eigenvalue weighted by Gasteiger charge is -2.31. The SMILES string of the molecule is CC[C@H](C(=O)NCC(C)C)N(Cc1ccc(Cl)cc1)C(=O)COc1cc(C)ccc1C. The lowest BCUT2D eigenvalue weighted by molar-refractivity contribution is -0.143. The number of ether oxygens (including phenoxy) is 1. The molecule has 0 spiro atoms. The van der Waals surface area contributed by atoms with Crippen LogP contribution in [0.15, 0.2) is 42.5 Å². The number of carbonyl (C=O) groups excluding carboxylic acids is 2. The highest BCUT2D eigenvalue weighted by atomic mass is 35.5. The Bertz CT molecular complexity index is 881. The van der Waals surface area contributed by atoms with E-state index in [-0.39, 0.29) is 18.4 Å². The second-order valence-corrected chi connectivity index (χ2v) is 8.71. The lowest BCUT2D eigenvalue weighted by atomic mass is 10.1. The van der Waals surface area contributed by atoms with Crippen LogP contribution in [0.5, 0.6) is 5.75 Å². The van der Waals surface area contributed by atoms with Crippen molar-refractivity contribution in [2.75, 3.05) is 13.2 Å². The topological polar surface area (TPSA) is 58.6 Å². The number of hydrogen-bond donors (Lipinski definition) is 1. The van der Waals surface area contributed by atoms with E-state index in [4.69, 9.17) is 16.3 Å². The van der Waals surface area contributed by atoms with Gasteiger partial charge in [-0.25, -0.2) is 0 Å². The Kier molecular flexibility index (Phi) is 9.38. The number of nitrogens with zero attached hydrogens (tertiary/aromatic N) is 1. The van der Waals surface area contributed by atoms with Crippen LogP contribution in [0.25, 0.3) is 0 Å². The minimum atomic E-state index is -0.580. The molecular weight excluding hydrogens is 412 g/mol. The van der Waals surface area contributed by atoms with Crippen LogP contribution in [0.4, 0.5) is 0 Å². The smallest absolute Gasteiger partial charge is 0.261 e. The molecule has 0 bridgehead atoms. The van der Waals surface area contributed by atoms with Gasteiger partial charge in [0.2, 0.25) is 5.91 Å². The van der Waals surface area contributed by atoms with Crippen LogP contribution >= 0.6 is 11.6 Å². The van der Waals surface area contributed by atoms with Gasteiger partial charge in [-0.2, -0.15) is 0 Å². The summed E-state index contributed by atoms with van der Waals surface area (Å²) in [6, 6.07) is 12.6. The lowest BCUT2D eigenvalue weighted by Crippen LogP contribution is -2.50. The Labute approximate surface area is 190 Å². The average Bonchev–Trinajstić information content (AvgIpc) is 2.73. The minimum absolute atomic E-state index is 0.133. The zero-order valence-electron chi connectivity index (χ0n) is 19.1. The minimum Gasteiger partial charge on any atom is -0.483 e. The van der Waals surface area contributed by atoms with Crippen LogP contribution < -0.4 is 10.1 Å². The highest BCUT2D eigenvalue weighted by molar-refractivity contribution is 6.30. The molecule has 1 N–H and O–H groups in total. The molecule has 0 heterocycles. The monoisotopic (exact) mass is 444 g/mol. The molecule has 0 aliphatic carbocycles. The fourth-order valence-electron chi connectivity index (χ4n) is 3.21. The Hall–Kier alpha value is -2.53. The molecule has 168 valence electrons. The van der Waals surface area contributed by atoms with Crippen molar-refractivity contribution in [3.63, 3.8) is 0 Å². The third-order valence-corrected chi connectivity index (χ3v) is 5.28. The predicted octanol–water partition coefficient (Wildman–Crippen LogP) is 4.92. The second kappa shape index (κ2) is 11.8. The van der Waals surface area contributed by atoms with E-state index in [1.54, 1.807) is 17.0 Å². The van der Waals surface area contributed by atoms with E-state index in [1.807, 2.05) is 65.0 Å². The van der Waals surface area contributed by atoms with Gasteiger partial charge in [0.15, 0.2) is 6.61 Å². The summed E-state index contributed by atoms with van der Waals surface area (Å²) in [6.07, 6.45) is 0.507. The molecule has 0 fully saturated rings. The molecule has 2 aromatic carbocycles. The molecule has 2 aromatic rings. The first-order valence-electron chi connectivity index (χ1n) is 10.7. The summed E-state index contributed by atoms with van der Waals surface area (Å²) in [5.41, 5.74) is 2.93. The molecule has 1 atom stereocenters. The summed E-state index contributed by atoms with van der Waals surface area (Å²) in [7, 11) is 0. The molecule has 31 heavy (non-hydrogen) atoms. The Morgan fingerprint density at radius 1 is 1.10 bits per heavy atom. The van der Waals surface area contributed by atoms with Crippen molar-refractivity contribution in [1.82, 2.24) is 10.2 Å². The van der Waals surface area contributed by atoms with Crippen LogP contribution in [-0.2, 0) is 16.1 Å². The van der Waals surface area contributed by atoms with Gasteiger partial charge in [0, 0.05) is 18.1 Å². The van der Waals surface area contributed by atoms with Crippen molar-refractivity contribution < 1.29 is 14.3 Å². The van der Waals surface area contributed by atoms with Crippen LogP contribution in [0.3, 0.4) is 0 Å². The van der Waals surface area contributed by atoms with Crippen LogP contribution in [0.1, 0.15) is 43.9 Å².